The van der Waals surface area contributed by atoms with Gasteiger partial charge in [-0.3, -0.25) is 4.79 Å². The minimum atomic E-state index is 0.0408. The molecule has 0 bridgehead atoms. The highest BCUT2D eigenvalue weighted by Gasteiger charge is 2.06. The monoisotopic (exact) mass is 354 g/mol. The number of carbonyl (C=O) groups is 1. The van der Waals surface area contributed by atoms with Crippen LogP contribution in [0.5, 0.6) is 11.5 Å². The van der Waals surface area contributed by atoms with Gasteiger partial charge in [0.1, 0.15) is 6.61 Å². The van der Waals surface area contributed by atoms with Crippen molar-refractivity contribution in [1.29, 1.82) is 0 Å². The van der Waals surface area contributed by atoms with Crippen LogP contribution in [0, 0.1) is 0 Å². The van der Waals surface area contributed by atoms with E-state index < -0.39 is 0 Å². The predicted molar refractivity (Wildman–Crippen MR) is 106 cm³/mol. The van der Waals surface area contributed by atoms with Gasteiger partial charge in [0.05, 0.1) is 7.11 Å². The van der Waals surface area contributed by atoms with Gasteiger partial charge in [0, 0.05) is 24.3 Å². The molecule has 0 fully saturated rings. The lowest BCUT2D eigenvalue weighted by molar-refractivity contribution is -0.116. The van der Waals surface area contributed by atoms with Crippen LogP contribution >= 0.6 is 0 Å². The molecule has 0 aromatic heterocycles. The van der Waals surface area contributed by atoms with Gasteiger partial charge in [-0.1, -0.05) is 25.6 Å². The molecule has 2 rings (SSSR count). The molecule has 0 unspecified atom stereocenters. The average molecular weight is 354 g/mol. The second-order valence-corrected chi connectivity index (χ2v) is 5.81. The highest BCUT2D eigenvalue weighted by Crippen LogP contribution is 2.28. The summed E-state index contributed by atoms with van der Waals surface area (Å²) in [5.41, 5.74) is 2.86. The van der Waals surface area contributed by atoms with Crippen molar-refractivity contribution in [3.05, 3.63) is 60.7 Å². The van der Waals surface area contributed by atoms with Gasteiger partial charge < -0.3 is 20.1 Å². The Kier molecular flexibility index (Phi) is 7.55. The normalized spacial score (nSPS) is 10.1. The smallest absolute Gasteiger partial charge is 0.224 e. The molecule has 2 N–H and O–H groups in total. The molecule has 0 aliphatic heterocycles. The van der Waals surface area contributed by atoms with Gasteiger partial charge in [-0.15, -0.1) is 0 Å². The number of hydrogen-bond acceptors (Lipinski definition) is 4. The third-order valence-corrected chi connectivity index (χ3v) is 3.73. The van der Waals surface area contributed by atoms with Crippen LogP contribution in [0.15, 0.2) is 55.1 Å². The Morgan fingerprint density at radius 2 is 1.85 bits per heavy atom. The quantitative estimate of drug-likeness (QED) is 0.612. The number of hydrogen-bond donors (Lipinski definition) is 2. The molecule has 1 amide bonds. The molecule has 0 saturated carbocycles. The van der Waals surface area contributed by atoms with Crippen molar-refractivity contribution in [3.8, 4) is 11.5 Å². The molecule has 0 aliphatic carbocycles. The van der Waals surface area contributed by atoms with E-state index in [4.69, 9.17) is 9.47 Å². The van der Waals surface area contributed by atoms with Crippen LogP contribution < -0.4 is 20.1 Å². The number of nitrogens with one attached hydrogen (secondary N) is 2. The Labute approximate surface area is 155 Å². The molecule has 5 heteroatoms. The van der Waals surface area contributed by atoms with Gasteiger partial charge in [0.15, 0.2) is 11.5 Å². The molecular weight excluding hydrogens is 328 g/mol. The standard InChI is InChI=1S/C21H26N2O3/c1-4-6-21(24)23-18-10-8-17(9-11-18)22-15-16-7-12-19(26-13-5-2)20(14-16)25-3/h5,7-12,14,22H,2,4,6,13,15H2,1,3H3,(H,23,24). The predicted octanol–water partition coefficient (Wildman–Crippen LogP) is 4.61. The molecule has 0 heterocycles. The first-order valence-corrected chi connectivity index (χ1v) is 8.70. The van der Waals surface area contributed by atoms with E-state index in [0.29, 0.717) is 31.1 Å². The van der Waals surface area contributed by atoms with Crippen LogP contribution in [0.4, 0.5) is 11.4 Å². The Morgan fingerprint density at radius 1 is 1.12 bits per heavy atom. The molecule has 0 aliphatic rings. The lowest BCUT2D eigenvalue weighted by Gasteiger charge is -2.12. The molecule has 2 aromatic rings. The molecule has 0 saturated heterocycles. The van der Waals surface area contributed by atoms with Gasteiger partial charge in [0.25, 0.3) is 0 Å². The number of ether oxygens (including phenoxy) is 2. The lowest BCUT2D eigenvalue weighted by Crippen LogP contribution is -2.10. The van der Waals surface area contributed by atoms with Crippen molar-refractivity contribution in [2.75, 3.05) is 24.4 Å². The maximum absolute atomic E-state index is 11.6. The average Bonchev–Trinajstić information content (AvgIpc) is 2.66. The Hall–Kier alpha value is -2.95. The van der Waals surface area contributed by atoms with Gasteiger partial charge in [-0.2, -0.15) is 0 Å². The second-order valence-electron chi connectivity index (χ2n) is 5.81. The highest BCUT2D eigenvalue weighted by atomic mass is 16.5. The van der Waals surface area contributed by atoms with E-state index in [1.165, 1.54) is 0 Å². The first-order valence-electron chi connectivity index (χ1n) is 8.70. The minimum absolute atomic E-state index is 0.0408. The molecule has 0 atom stereocenters. The van der Waals surface area contributed by atoms with Crippen LogP contribution in [0.2, 0.25) is 0 Å². The fraction of sp³-hybridized carbons (Fsp3) is 0.286. The molecule has 26 heavy (non-hydrogen) atoms. The zero-order chi connectivity index (χ0) is 18.8. The van der Waals surface area contributed by atoms with E-state index in [2.05, 4.69) is 17.2 Å². The topological polar surface area (TPSA) is 59.6 Å². The summed E-state index contributed by atoms with van der Waals surface area (Å²) in [6.45, 7) is 6.72. The summed E-state index contributed by atoms with van der Waals surface area (Å²) in [6, 6.07) is 13.5. The third kappa shape index (κ3) is 5.84. The molecule has 0 radical (unpaired) electrons. The second kappa shape index (κ2) is 10.1. The summed E-state index contributed by atoms with van der Waals surface area (Å²) in [7, 11) is 1.62. The van der Waals surface area contributed by atoms with E-state index in [9.17, 15) is 4.79 Å². The minimum Gasteiger partial charge on any atom is -0.493 e. The number of anilines is 2. The maximum Gasteiger partial charge on any atom is 0.224 e. The Balaban J connectivity index is 1.93. The summed E-state index contributed by atoms with van der Waals surface area (Å²) in [6.07, 6.45) is 3.07. The largest absolute Gasteiger partial charge is 0.493 e. The van der Waals surface area contributed by atoms with Crippen LogP contribution in [-0.4, -0.2) is 19.6 Å². The van der Waals surface area contributed by atoms with Crippen molar-refractivity contribution in [2.24, 2.45) is 0 Å². The fourth-order valence-corrected chi connectivity index (χ4v) is 2.42. The highest BCUT2D eigenvalue weighted by molar-refractivity contribution is 5.90. The summed E-state index contributed by atoms with van der Waals surface area (Å²) >= 11 is 0. The van der Waals surface area contributed by atoms with Crippen molar-refractivity contribution < 1.29 is 14.3 Å². The zero-order valence-corrected chi connectivity index (χ0v) is 15.4. The molecular formula is C21H26N2O3. The van der Waals surface area contributed by atoms with Crippen molar-refractivity contribution in [3.63, 3.8) is 0 Å². The number of benzene rings is 2. The molecule has 2 aromatic carbocycles. The van der Waals surface area contributed by atoms with E-state index in [0.717, 1.165) is 23.4 Å². The number of carbonyl (C=O) groups excluding carboxylic acids is 1. The van der Waals surface area contributed by atoms with Crippen molar-refractivity contribution >= 4 is 17.3 Å². The van der Waals surface area contributed by atoms with Gasteiger partial charge in [-0.25, -0.2) is 0 Å². The lowest BCUT2D eigenvalue weighted by atomic mass is 10.2. The van der Waals surface area contributed by atoms with Crippen molar-refractivity contribution in [1.82, 2.24) is 0 Å². The Morgan fingerprint density at radius 3 is 2.50 bits per heavy atom. The first-order chi connectivity index (χ1) is 12.7. The number of methoxy groups -OCH3 is 1. The summed E-state index contributed by atoms with van der Waals surface area (Å²) < 4.78 is 10.9. The molecule has 0 spiro atoms. The molecule has 138 valence electrons. The van der Waals surface area contributed by atoms with Crippen LogP contribution in [0.25, 0.3) is 0 Å². The maximum atomic E-state index is 11.6. The SMILES string of the molecule is C=CCOc1ccc(CNc2ccc(NC(=O)CCC)cc2)cc1OC. The summed E-state index contributed by atoms with van der Waals surface area (Å²) in [5, 5.41) is 6.23. The van der Waals surface area contributed by atoms with E-state index in [1.54, 1.807) is 13.2 Å². The van der Waals surface area contributed by atoms with Gasteiger partial charge in [0.2, 0.25) is 5.91 Å². The zero-order valence-electron chi connectivity index (χ0n) is 15.4. The summed E-state index contributed by atoms with van der Waals surface area (Å²) in [4.78, 5) is 11.6. The van der Waals surface area contributed by atoms with Crippen LogP contribution in [0.3, 0.4) is 0 Å². The fourth-order valence-electron chi connectivity index (χ4n) is 2.42. The summed E-state index contributed by atoms with van der Waals surface area (Å²) in [5.74, 6) is 1.43. The third-order valence-electron chi connectivity index (χ3n) is 3.73. The van der Waals surface area contributed by atoms with E-state index >= 15 is 0 Å². The van der Waals surface area contributed by atoms with E-state index in [1.807, 2.05) is 49.4 Å². The number of rotatable bonds is 10. The van der Waals surface area contributed by atoms with Crippen molar-refractivity contribution in [2.45, 2.75) is 26.3 Å². The first kappa shape index (κ1) is 19.4. The molecule has 5 nitrogen and oxygen atoms in total. The van der Waals surface area contributed by atoms with Crippen LogP contribution in [0.1, 0.15) is 25.3 Å². The Bertz CT molecular complexity index is 727. The van der Waals surface area contributed by atoms with Gasteiger partial charge >= 0.3 is 0 Å². The van der Waals surface area contributed by atoms with E-state index in [-0.39, 0.29) is 5.91 Å². The van der Waals surface area contributed by atoms with Gasteiger partial charge in [-0.05, 0) is 48.4 Å². The van der Waals surface area contributed by atoms with Crippen LogP contribution in [-0.2, 0) is 11.3 Å². The number of amides is 1.